The molecule has 3 aromatic heterocycles. The number of nitrogens with one attached hydrogen (secondary N) is 1. The molecule has 1 N–H and O–H groups in total. The minimum absolute atomic E-state index is 0.00663. The molecule has 0 amide bonds. The van der Waals surface area contributed by atoms with Crippen LogP contribution < -0.4 is 0 Å². The standard InChI is InChI=1S/C26H28F2N4O/c1-16-4-3-5-19(33-11-8-16)15-23-26(30-24-12-17(2)7-10-32(23)24)25-20(27)13-18(14-21(25)28)22-6-9-29-31-22/h6-7,9-10,12-14,16,19H,3-5,8,11,15H2,1-2H3,(H,29,31). The van der Waals surface area contributed by atoms with Gasteiger partial charge in [-0.15, -0.1) is 0 Å². The van der Waals surface area contributed by atoms with E-state index in [0.29, 0.717) is 41.5 Å². The van der Waals surface area contributed by atoms with Gasteiger partial charge in [0.2, 0.25) is 0 Å². The number of hydrogen-bond donors (Lipinski definition) is 1. The minimum atomic E-state index is -0.645. The van der Waals surface area contributed by atoms with Gasteiger partial charge < -0.3 is 9.14 Å². The summed E-state index contributed by atoms with van der Waals surface area (Å²) < 4.78 is 38.8. The van der Waals surface area contributed by atoms with E-state index in [1.165, 1.54) is 18.6 Å². The van der Waals surface area contributed by atoms with Crippen molar-refractivity contribution < 1.29 is 13.5 Å². The molecule has 0 bridgehead atoms. The first kappa shape index (κ1) is 21.8. The molecule has 1 aromatic carbocycles. The molecule has 4 aromatic rings. The quantitative estimate of drug-likeness (QED) is 0.408. The molecule has 0 saturated carbocycles. The highest BCUT2D eigenvalue weighted by molar-refractivity contribution is 5.72. The fourth-order valence-electron chi connectivity index (χ4n) is 4.70. The van der Waals surface area contributed by atoms with Crippen LogP contribution in [-0.2, 0) is 11.2 Å². The first-order chi connectivity index (χ1) is 16.0. The zero-order chi connectivity index (χ0) is 22.9. The molecule has 172 valence electrons. The van der Waals surface area contributed by atoms with Crippen molar-refractivity contribution in [3.05, 3.63) is 65.6 Å². The molecule has 1 fully saturated rings. The molecule has 5 nitrogen and oxygen atoms in total. The van der Waals surface area contributed by atoms with E-state index in [1.54, 1.807) is 12.3 Å². The van der Waals surface area contributed by atoms with Gasteiger partial charge >= 0.3 is 0 Å². The lowest BCUT2D eigenvalue weighted by atomic mass is 9.95. The highest BCUT2D eigenvalue weighted by Gasteiger charge is 2.25. The number of H-pyrrole nitrogens is 1. The number of rotatable bonds is 4. The molecular formula is C26H28F2N4O. The van der Waals surface area contributed by atoms with Crippen LogP contribution in [0.2, 0.25) is 0 Å². The van der Waals surface area contributed by atoms with Crippen LogP contribution in [0.3, 0.4) is 0 Å². The molecule has 0 radical (unpaired) electrons. The molecule has 4 heterocycles. The summed E-state index contributed by atoms with van der Waals surface area (Å²) in [6.45, 7) is 4.94. The van der Waals surface area contributed by atoms with Crippen LogP contribution in [-0.4, -0.2) is 32.3 Å². The second-order valence-electron chi connectivity index (χ2n) is 9.15. The van der Waals surface area contributed by atoms with Gasteiger partial charge in [-0.05, 0) is 61.6 Å². The Morgan fingerprint density at radius 3 is 2.70 bits per heavy atom. The van der Waals surface area contributed by atoms with Crippen molar-refractivity contribution in [3.8, 4) is 22.5 Å². The molecule has 2 unspecified atom stereocenters. The molecule has 0 aliphatic carbocycles. The van der Waals surface area contributed by atoms with E-state index < -0.39 is 11.6 Å². The molecule has 1 aliphatic heterocycles. The lowest BCUT2D eigenvalue weighted by Gasteiger charge is -2.23. The molecule has 0 spiro atoms. The fourth-order valence-corrected chi connectivity index (χ4v) is 4.70. The van der Waals surface area contributed by atoms with E-state index in [9.17, 15) is 0 Å². The van der Waals surface area contributed by atoms with Crippen LogP contribution in [0.5, 0.6) is 0 Å². The van der Waals surface area contributed by atoms with Crippen LogP contribution in [0.1, 0.15) is 43.9 Å². The van der Waals surface area contributed by atoms with Gasteiger partial charge in [-0.3, -0.25) is 5.10 Å². The summed E-state index contributed by atoms with van der Waals surface area (Å²) in [4.78, 5) is 4.68. The molecular weight excluding hydrogens is 422 g/mol. The molecule has 1 saturated heterocycles. The first-order valence-electron chi connectivity index (χ1n) is 11.6. The van der Waals surface area contributed by atoms with Crippen LogP contribution >= 0.6 is 0 Å². The predicted molar refractivity (Wildman–Crippen MR) is 124 cm³/mol. The van der Waals surface area contributed by atoms with E-state index in [4.69, 9.17) is 4.74 Å². The summed E-state index contributed by atoms with van der Waals surface area (Å²) in [6.07, 6.45) is 8.24. The zero-order valence-electron chi connectivity index (χ0n) is 18.9. The summed E-state index contributed by atoms with van der Waals surface area (Å²) in [6, 6.07) is 8.26. The third-order valence-electron chi connectivity index (χ3n) is 6.58. The maximum atomic E-state index is 15.4. The van der Waals surface area contributed by atoms with Gasteiger partial charge in [-0.1, -0.05) is 19.8 Å². The Labute approximate surface area is 191 Å². The number of halogens is 2. The molecule has 1 aliphatic rings. The van der Waals surface area contributed by atoms with Crippen molar-refractivity contribution in [1.82, 2.24) is 19.6 Å². The normalized spacial score (nSPS) is 19.5. The van der Waals surface area contributed by atoms with Crippen molar-refractivity contribution in [2.24, 2.45) is 5.92 Å². The third-order valence-corrected chi connectivity index (χ3v) is 6.58. The monoisotopic (exact) mass is 450 g/mol. The highest BCUT2D eigenvalue weighted by atomic mass is 19.1. The largest absolute Gasteiger partial charge is 0.378 e. The molecule has 5 rings (SSSR count). The zero-order valence-corrected chi connectivity index (χ0v) is 18.9. The number of imidazole rings is 1. The third kappa shape index (κ3) is 4.42. The Morgan fingerprint density at radius 2 is 1.94 bits per heavy atom. The summed E-state index contributed by atoms with van der Waals surface area (Å²) in [5, 5.41) is 6.63. The van der Waals surface area contributed by atoms with Crippen molar-refractivity contribution in [3.63, 3.8) is 0 Å². The number of aryl methyl sites for hydroxylation is 1. The van der Waals surface area contributed by atoms with E-state index in [-0.39, 0.29) is 11.7 Å². The van der Waals surface area contributed by atoms with Gasteiger partial charge in [-0.2, -0.15) is 5.10 Å². The second kappa shape index (κ2) is 9.06. The van der Waals surface area contributed by atoms with E-state index in [1.807, 2.05) is 29.7 Å². The Morgan fingerprint density at radius 1 is 1.12 bits per heavy atom. The van der Waals surface area contributed by atoms with Gasteiger partial charge in [0.05, 0.1) is 28.7 Å². The maximum Gasteiger partial charge on any atom is 0.137 e. The number of fused-ring (bicyclic) bond motifs is 1. The summed E-state index contributed by atoms with van der Waals surface area (Å²) in [7, 11) is 0. The van der Waals surface area contributed by atoms with Gasteiger partial charge in [0.15, 0.2) is 0 Å². The number of aromatic amines is 1. The SMILES string of the molecule is Cc1ccn2c(CC3CCCC(C)CCO3)c(-c3c(F)cc(-c4ccn[nH]4)cc3F)nc2c1. The summed E-state index contributed by atoms with van der Waals surface area (Å²) in [5.74, 6) is -0.626. The van der Waals surface area contributed by atoms with Crippen molar-refractivity contribution in [2.45, 2.75) is 52.1 Å². The Kier molecular flexibility index (Phi) is 5.98. The lowest BCUT2D eigenvalue weighted by Crippen LogP contribution is -2.22. The molecule has 2 atom stereocenters. The summed E-state index contributed by atoms with van der Waals surface area (Å²) >= 11 is 0. The van der Waals surface area contributed by atoms with Crippen LogP contribution in [0.25, 0.3) is 28.2 Å². The average molecular weight is 451 g/mol. The van der Waals surface area contributed by atoms with Crippen LogP contribution in [0.4, 0.5) is 8.78 Å². The van der Waals surface area contributed by atoms with Gasteiger partial charge in [0.25, 0.3) is 0 Å². The predicted octanol–water partition coefficient (Wildman–Crippen LogP) is 6.12. The number of aromatic nitrogens is 4. The van der Waals surface area contributed by atoms with E-state index >= 15 is 8.78 Å². The number of hydrogen-bond acceptors (Lipinski definition) is 3. The van der Waals surface area contributed by atoms with Crippen molar-refractivity contribution >= 4 is 5.65 Å². The van der Waals surface area contributed by atoms with Crippen molar-refractivity contribution in [1.29, 1.82) is 0 Å². The van der Waals surface area contributed by atoms with Crippen LogP contribution in [0, 0.1) is 24.5 Å². The first-order valence-corrected chi connectivity index (χ1v) is 11.6. The van der Waals surface area contributed by atoms with Gasteiger partial charge in [-0.25, -0.2) is 13.8 Å². The number of pyridine rings is 1. The van der Waals surface area contributed by atoms with Crippen LogP contribution in [0.15, 0.2) is 42.7 Å². The Balaban J connectivity index is 1.58. The maximum absolute atomic E-state index is 15.4. The Bertz CT molecular complexity index is 1230. The van der Waals surface area contributed by atoms with Gasteiger partial charge in [0.1, 0.15) is 17.3 Å². The molecule has 7 heteroatoms. The topological polar surface area (TPSA) is 55.2 Å². The average Bonchev–Trinajstić information content (AvgIpc) is 3.40. The van der Waals surface area contributed by atoms with E-state index in [2.05, 4.69) is 22.1 Å². The molecule has 33 heavy (non-hydrogen) atoms. The smallest absolute Gasteiger partial charge is 0.137 e. The second-order valence-corrected chi connectivity index (χ2v) is 9.15. The fraction of sp³-hybridized carbons (Fsp3) is 0.385. The number of nitrogens with zero attached hydrogens (tertiary/aromatic N) is 3. The minimum Gasteiger partial charge on any atom is -0.378 e. The van der Waals surface area contributed by atoms with Gasteiger partial charge in [0, 0.05) is 31.0 Å². The Hall–Kier alpha value is -3.06. The lowest BCUT2D eigenvalue weighted by molar-refractivity contribution is 0.0267. The highest BCUT2D eigenvalue weighted by Crippen LogP contribution is 2.34. The summed E-state index contributed by atoms with van der Waals surface area (Å²) in [5.41, 5.74) is 3.69. The number of ether oxygens (including phenoxy) is 1. The van der Waals surface area contributed by atoms with E-state index in [0.717, 1.165) is 30.5 Å². The number of benzene rings is 1. The van der Waals surface area contributed by atoms with Crippen molar-refractivity contribution in [2.75, 3.05) is 6.61 Å².